The number of hydrogen-bond acceptors (Lipinski definition) is 9. The van der Waals surface area contributed by atoms with Crippen molar-refractivity contribution in [3.63, 3.8) is 0 Å². The van der Waals surface area contributed by atoms with Crippen molar-refractivity contribution in [3.8, 4) is 0 Å². The summed E-state index contributed by atoms with van der Waals surface area (Å²) in [6.45, 7) is 4.49. The SMILES string of the molecule is COC(=O)N[C@H](C(=O)N1CCC[C@H]1c1nc(CCc2ccc(CCc3c[nH]c([C@@H]4CCCN4C(=O)[C@@H](NC(=O)O)[C@@H](C)OC)n3)cc2)c[nH]1)[C@@H](C)OC. The lowest BCUT2D eigenvalue weighted by Crippen LogP contribution is -2.54. The Morgan fingerprint density at radius 3 is 1.58 bits per heavy atom. The number of nitrogens with zero attached hydrogens (tertiary/aromatic N) is 4. The number of hydrogen-bond donors (Lipinski definition) is 5. The highest BCUT2D eigenvalue weighted by Gasteiger charge is 2.40. The molecule has 4 amide bonds. The van der Waals surface area contributed by atoms with Gasteiger partial charge < -0.3 is 49.7 Å². The molecule has 4 heterocycles. The van der Waals surface area contributed by atoms with Crippen molar-refractivity contribution in [2.24, 2.45) is 0 Å². The lowest BCUT2D eigenvalue weighted by Gasteiger charge is -2.30. The maximum Gasteiger partial charge on any atom is 0.407 e. The molecule has 0 aliphatic carbocycles. The van der Waals surface area contributed by atoms with Crippen LogP contribution in [0.4, 0.5) is 9.59 Å². The van der Waals surface area contributed by atoms with Gasteiger partial charge in [0.2, 0.25) is 11.8 Å². The van der Waals surface area contributed by atoms with E-state index in [1.807, 2.05) is 12.4 Å². The van der Waals surface area contributed by atoms with Gasteiger partial charge in [0.15, 0.2) is 0 Å². The molecule has 2 aliphatic rings. The first-order valence-corrected chi connectivity index (χ1v) is 18.2. The number of alkyl carbamates (subject to hydrolysis) is 1. The van der Waals surface area contributed by atoms with Crippen molar-refractivity contribution in [1.82, 2.24) is 40.4 Å². The predicted molar refractivity (Wildman–Crippen MR) is 193 cm³/mol. The number of carbonyl (C=O) groups excluding carboxylic acids is 3. The number of aryl methyl sites for hydroxylation is 4. The lowest BCUT2D eigenvalue weighted by molar-refractivity contribution is -0.138. The van der Waals surface area contributed by atoms with Crippen LogP contribution in [0.2, 0.25) is 0 Å². The third-order valence-electron chi connectivity index (χ3n) is 10.3. The Bertz CT molecular complexity index is 1690. The highest BCUT2D eigenvalue weighted by Crippen LogP contribution is 2.32. The molecule has 0 saturated carbocycles. The molecule has 2 fully saturated rings. The number of amides is 4. The van der Waals surface area contributed by atoms with Gasteiger partial charge in [-0.3, -0.25) is 9.59 Å². The topological polar surface area (TPSA) is 204 Å². The van der Waals surface area contributed by atoms with Crippen molar-refractivity contribution in [3.05, 3.63) is 70.8 Å². The first kappa shape index (κ1) is 39.3. The molecule has 5 rings (SSSR count). The summed E-state index contributed by atoms with van der Waals surface area (Å²) >= 11 is 0. The molecule has 1 aromatic carbocycles. The van der Waals surface area contributed by atoms with Gasteiger partial charge in [-0.1, -0.05) is 24.3 Å². The van der Waals surface area contributed by atoms with Crippen LogP contribution in [0.5, 0.6) is 0 Å². The highest BCUT2D eigenvalue weighted by molar-refractivity contribution is 5.87. The number of ether oxygens (including phenoxy) is 3. The van der Waals surface area contributed by atoms with E-state index in [1.54, 1.807) is 23.6 Å². The zero-order chi connectivity index (χ0) is 38.1. The molecule has 53 heavy (non-hydrogen) atoms. The van der Waals surface area contributed by atoms with E-state index in [9.17, 15) is 24.3 Å². The zero-order valence-electron chi connectivity index (χ0n) is 31.1. The molecule has 2 aromatic heterocycles. The Balaban J connectivity index is 1.12. The van der Waals surface area contributed by atoms with Crippen LogP contribution in [-0.4, -0.2) is 118 Å². The number of aromatic amines is 2. The maximum absolute atomic E-state index is 13.5. The van der Waals surface area contributed by atoms with Gasteiger partial charge in [-0.05, 0) is 76.3 Å². The number of methoxy groups -OCH3 is 3. The van der Waals surface area contributed by atoms with E-state index < -0.39 is 36.5 Å². The van der Waals surface area contributed by atoms with Crippen LogP contribution in [0.3, 0.4) is 0 Å². The minimum atomic E-state index is -1.27. The fourth-order valence-electron chi connectivity index (χ4n) is 7.11. The van der Waals surface area contributed by atoms with Gasteiger partial charge in [0.25, 0.3) is 0 Å². The average Bonchev–Trinajstić information content (AvgIpc) is 4.00. The van der Waals surface area contributed by atoms with E-state index in [2.05, 4.69) is 44.9 Å². The van der Waals surface area contributed by atoms with E-state index in [1.165, 1.54) is 32.5 Å². The number of rotatable bonds is 16. The second kappa shape index (κ2) is 18.2. The highest BCUT2D eigenvalue weighted by atomic mass is 16.5. The summed E-state index contributed by atoms with van der Waals surface area (Å²) in [6, 6.07) is 6.17. The Kier molecular flexibility index (Phi) is 13.5. The first-order valence-electron chi connectivity index (χ1n) is 18.2. The number of benzene rings is 1. The molecule has 288 valence electrons. The van der Waals surface area contributed by atoms with Gasteiger partial charge in [-0.15, -0.1) is 0 Å². The summed E-state index contributed by atoms with van der Waals surface area (Å²) in [7, 11) is 4.21. The minimum absolute atomic E-state index is 0.218. The van der Waals surface area contributed by atoms with Crippen LogP contribution in [0, 0.1) is 0 Å². The van der Waals surface area contributed by atoms with Crippen molar-refractivity contribution in [1.29, 1.82) is 0 Å². The van der Waals surface area contributed by atoms with Gasteiger partial charge in [0, 0.05) is 39.7 Å². The van der Waals surface area contributed by atoms with Crippen LogP contribution in [0.15, 0.2) is 36.7 Å². The van der Waals surface area contributed by atoms with Crippen molar-refractivity contribution in [2.75, 3.05) is 34.4 Å². The largest absolute Gasteiger partial charge is 0.465 e. The quantitative estimate of drug-likeness (QED) is 0.145. The standard InChI is InChI=1S/C37H52N8O8/c1-22(51-3)30(42-36(48)49)34(46)44-18-6-8-28(44)32-38-20-26(40-32)16-14-24-10-12-25(13-11-24)15-17-27-21-39-33(41-27)29-9-7-19-45(29)35(47)31(23(2)52-4)43-37(50)53-5/h10-13,20-23,28-31,42H,6-9,14-19H2,1-5H3,(H,38,40)(H,39,41)(H,43,50)(H,48,49)/t22-,23-,28+,29+,30+,31+/m1/s1. The molecule has 3 aromatic rings. The molecule has 2 aliphatic heterocycles. The summed E-state index contributed by atoms with van der Waals surface area (Å²) in [5, 5.41) is 14.2. The average molecular weight is 737 g/mol. The fraction of sp³-hybridized carbons (Fsp3) is 0.568. The molecular formula is C37H52N8O8. The number of carbonyl (C=O) groups is 4. The van der Waals surface area contributed by atoms with Crippen molar-refractivity contribution in [2.45, 2.75) is 102 Å². The van der Waals surface area contributed by atoms with E-state index >= 15 is 0 Å². The lowest BCUT2D eigenvalue weighted by atomic mass is 10.0. The molecule has 5 N–H and O–H groups in total. The van der Waals surface area contributed by atoms with Crippen LogP contribution in [0.1, 0.15) is 85.8 Å². The Morgan fingerprint density at radius 1 is 0.755 bits per heavy atom. The Morgan fingerprint density at radius 2 is 1.19 bits per heavy atom. The summed E-state index contributed by atoms with van der Waals surface area (Å²) < 4.78 is 15.4. The van der Waals surface area contributed by atoms with Gasteiger partial charge in [-0.2, -0.15) is 0 Å². The van der Waals surface area contributed by atoms with Gasteiger partial charge in [0.1, 0.15) is 23.7 Å². The minimum Gasteiger partial charge on any atom is -0.465 e. The van der Waals surface area contributed by atoms with Crippen molar-refractivity contribution >= 4 is 24.0 Å². The zero-order valence-corrected chi connectivity index (χ0v) is 31.1. The summed E-state index contributed by atoms with van der Waals surface area (Å²) in [6.07, 6.45) is 6.86. The third-order valence-corrected chi connectivity index (χ3v) is 10.3. The number of H-pyrrole nitrogens is 2. The van der Waals surface area contributed by atoms with Gasteiger partial charge >= 0.3 is 12.2 Å². The molecule has 0 bridgehead atoms. The number of likely N-dealkylation sites (tertiary alicyclic amines) is 2. The number of carboxylic acid groups (broad SMARTS) is 1. The molecule has 2 saturated heterocycles. The first-order chi connectivity index (χ1) is 25.5. The molecule has 6 atom stereocenters. The normalized spacial score (nSPS) is 19.4. The molecule has 0 unspecified atom stereocenters. The Hall–Kier alpha value is -4.96. The summed E-state index contributed by atoms with van der Waals surface area (Å²) in [5.41, 5.74) is 4.18. The van der Waals surface area contributed by atoms with E-state index in [4.69, 9.17) is 24.2 Å². The van der Waals surface area contributed by atoms with Crippen LogP contribution in [0.25, 0.3) is 0 Å². The third kappa shape index (κ3) is 9.73. The second-order valence-electron chi connectivity index (χ2n) is 13.7. The maximum atomic E-state index is 13.5. The van der Waals surface area contributed by atoms with Crippen LogP contribution in [-0.2, 0) is 49.5 Å². The number of nitrogens with one attached hydrogen (secondary N) is 4. The van der Waals surface area contributed by atoms with Crippen molar-refractivity contribution < 1.29 is 38.5 Å². The molecule has 0 spiro atoms. The second-order valence-corrected chi connectivity index (χ2v) is 13.7. The van der Waals surface area contributed by atoms with Gasteiger partial charge in [0.05, 0.1) is 42.8 Å². The summed E-state index contributed by atoms with van der Waals surface area (Å²) in [5.74, 6) is 0.884. The van der Waals surface area contributed by atoms with Crippen LogP contribution >= 0.6 is 0 Å². The number of imidazole rings is 2. The fourth-order valence-corrected chi connectivity index (χ4v) is 7.11. The smallest absolute Gasteiger partial charge is 0.407 e. The predicted octanol–water partition coefficient (Wildman–Crippen LogP) is 3.46. The monoisotopic (exact) mass is 736 g/mol. The van der Waals surface area contributed by atoms with E-state index in [-0.39, 0.29) is 23.9 Å². The molecule has 0 radical (unpaired) electrons. The van der Waals surface area contributed by atoms with Gasteiger partial charge in [-0.25, -0.2) is 19.6 Å². The Labute approximate surface area is 309 Å². The molecule has 16 heteroatoms. The molecular weight excluding hydrogens is 684 g/mol. The number of aromatic nitrogens is 4. The summed E-state index contributed by atoms with van der Waals surface area (Å²) in [4.78, 5) is 69.8. The van der Waals surface area contributed by atoms with Crippen LogP contribution < -0.4 is 10.6 Å². The molecule has 16 nitrogen and oxygen atoms in total. The van der Waals surface area contributed by atoms with E-state index in [0.29, 0.717) is 18.9 Å². The van der Waals surface area contributed by atoms with E-state index in [0.717, 1.165) is 68.6 Å².